The van der Waals surface area contributed by atoms with Gasteiger partial charge < -0.3 is 0 Å². The van der Waals surface area contributed by atoms with Crippen LogP contribution in [0.1, 0.15) is 0 Å². The van der Waals surface area contributed by atoms with Gasteiger partial charge in [0.15, 0.2) is 0 Å². The summed E-state index contributed by atoms with van der Waals surface area (Å²) in [4.78, 5) is 0. The van der Waals surface area contributed by atoms with Crippen LogP contribution in [0.25, 0.3) is 11.3 Å². The van der Waals surface area contributed by atoms with Gasteiger partial charge in [-0.25, -0.2) is 0 Å². The molecule has 64 valence electrons. The maximum atomic E-state index is 3.90. The Hall–Kier alpha value is -1.29. The number of nitrogens with zero attached hydrogens (tertiary/aromatic N) is 3. The second-order valence-corrected chi connectivity index (χ2v) is 3.43. The summed E-state index contributed by atoms with van der Waals surface area (Å²) in [6, 6.07) is 9.73. The molecule has 0 aliphatic carbocycles. The standard InChI is InChI=1S/C9H6BrN3/c10-8-3-1-7(2-4-8)9-5-6-11-13-12-9/h1-6H. The van der Waals surface area contributed by atoms with Crippen LogP contribution in [0.4, 0.5) is 0 Å². The van der Waals surface area contributed by atoms with Gasteiger partial charge in [0, 0.05) is 10.0 Å². The van der Waals surface area contributed by atoms with E-state index in [1.54, 1.807) is 6.20 Å². The Bertz CT molecular complexity index is 385. The van der Waals surface area contributed by atoms with Crippen molar-refractivity contribution >= 4 is 15.9 Å². The van der Waals surface area contributed by atoms with Crippen LogP contribution in [0, 0.1) is 0 Å². The predicted molar refractivity (Wildman–Crippen MR) is 53.0 cm³/mol. The van der Waals surface area contributed by atoms with E-state index < -0.39 is 0 Å². The van der Waals surface area contributed by atoms with Gasteiger partial charge >= 0.3 is 0 Å². The maximum Gasteiger partial charge on any atom is 0.0963 e. The molecule has 1 heterocycles. The molecular formula is C9H6BrN3. The molecule has 3 nitrogen and oxygen atoms in total. The summed E-state index contributed by atoms with van der Waals surface area (Å²) in [7, 11) is 0. The van der Waals surface area contributed by atoms with Crippen molar-refractivity contribution in [3.05, 3.63) is 41.0 Å². The van der Waals surface area contributed by atoms with Gasteiger partial charge in [-0.3, -0.25) is 0 Å². The first kappa shape index (κ1) is 8.31. The predicted octanol–water partition coefficient (Wildman–Crippen LogP) is 2.30. The molecule has 0 aliphatic rings. The topological polar surface area (TPSA) is 38.7 Å². The number of hydrogen-bond donors (Lipinski definition) is 0. The van der Waals surface area contributed by atoms with Gasteiger partial charge in [-0.2, -0.15) is 0 Å². The third-order valence-corrected chi connectivity index (χ3v) is 2.17. The number of rotatable bonds is 1. The minimum atomic E-state index is 0.836. The molecule has 2 rings (SSSR count). The molecule has 1 aromatic heterocycles. The Labute approximate surface area is 84.0 Å². The van der Waals surface area contributed by atoms with Gasteiger partial charge in [0.2, 0.25) is 0 Å². The lowest BCUT2D eigenvalue weighted by Crippen LogP contribution is -1.88. The summed E-state index contributed by atoms with van der Waals surface area (Å²) in [5.41, 5.74) is 1.88. The monoisotopic (exact) mass is 235 g/mol. The molecular weight excluding hydrogens is 230 g/mol. The van der Waals surface area contributed by atoms with Crippen molar-refractivity contribution < 1.29 is 0 Å². The molecule has 2 aromatic rings. The molecule has 0 bridgehead atoms. The smallest absolute Gasteiger partial charge is 0.0963 e. The van der Waals surface area contributed by atoms with E-state index in [0.717, 1.165) is 15.7 Å². The van der Waals surface area contributed by atoms with Crippen LogP contribution in [0.3, 0.4) is 0 Å². The minimum absolute atomic E-state index is 0.836. The zero-order valence-electron chi connectivity index (χ0n) is 6.68. The molecule has 0 radical (unpaired) electrons. The molecule has 13 heavy (non-hydrogen) atoms. The van der Waals surface area contributed by atoms with Crippen LogP contribution in [-0.2, 0) is 0 Å². The number of aromatic nitrogens is 3. The van der Waals surface area contributed by atoms with E-state index in [4.69, 9.17) is 0 Å². The lowest BCUT2D eigenvalue weighted by atomic mass is 10.1. The summed E-state index contributed by atoms with van der Waals surface area (Å²) in [6.45, 7) is 0. The average Bonchev–Trinajstić information content (AvgIpc) is 2.20. The van der Waals surface area contributed by atoms with Crippen molar-refractivity contribution in [3.63, 3.8) is 0 Å². The maximum absolute atomic E-state index is 3.90. The van der Waals surface area contributed by atoms with E-state index in [1.165, 1.54) is 0 Å². The molecule has 0 saturated heterocycles. The minimum Gasteiger partial charge on any atom is -0.139 e. The molecule has 0 saturated carbocycles. The van der Waals surface area contributed by atoms with Crippen molar-refractivity contribution in [1.29, 1.82) is 0 Å². The van der Waals surface area contributed by atoms with E-state index in [-0.39, 0.29) is 0 Å². The Balaban J connectivity index is 2.42. The fourth-order valence-electron chi connectivity index (χ4n) is 1.02. The third kappa shape index (κ3) is 1.89. The first-order valence-electron chi connectivity index (χ1n) is 3.76. The SMILES string of the molecule is Brc1ccc(-c2ccnnn2)cc1. The quantitative estimate of drug-likeness (QED) is 0.762. The molecule has 4 heteroatoms. The summed E-state index contributed by atoms with van der Waals surface area (Å²) in [5.74, 6) is 0. The highest BCUT2D eigenvalue weighted by Crippen LogP contribution is 2.18. The highest BCUT2D eigenvalue weighted by molar-refractivity contribution is 9.10. The Morgan fingerprint density at radius 3 is 2.38 bits per heavy atom. The molecule has 0 aliphatic heterocycles. The van der Waals surface area contributed by atoms with Crippen molar-refractivity contribution in [3.8, 4) is 11.3 Å². The van der Waals surface area contributed by atoms with Crippen LogP contribution in [0.2, 0.25) is 0 Å². The summed E-state index contributed by atoms with van der Waals surface area (Å²) >= 11 is 3.37. The van der Waals surface area contributed by atoms with Crippen LogP contribution in [0.5, 0.6) is 0 Å². The van der Waals surface area contributed by atoms with Crippen LogP contribution in [0.15, 0.2) is 41.0 Å². The van der Waals surface area contributed by atoms with Crippen LogP contribution >= 0.6 is 15.9 Å². The van der Waals surface area contributed by atoms with Gasteiger partial charge in [-0.1, -0.05) is 28.1 Å². The largest absolute Gasteiger partial charge is 0.139 e. The fraction of sp³-hybridized carbons (Fsp3) is 0. The molecule has 1 aromatic carbocycles. The first-order valence-corrected chi connectivity index (χ1v) is 4.56. The van der Waals surface area contributed by atoms with Gasteiger partial charge in [-0.05, 0) is 23.4 Å². The lowest BCUT2D eigenvalue weighted by molar-refractivity contribution is 0.870. The molecule has 0 N–H and O–H groups in total. The molecule has 0 unspecified atom stereocenters. The van der Waals surface area contributed by atoms with Crippen molar-refractivity contribution in [2.75, 3.05) is 0 Å². The van der Waals surface area contributed by atoms with Gasteiger partial charge in [-0.15, -0.1) is 10.2 Å². The van der Waals surface area contributed by atoms with E-state index in [0.29, 0.717) is 0 Å². The first-order chi connectivity index (χ1) is 6.36. The summed E-state index contributed by atoms with van der Waals surface area (Å²) in [6.07, 6.45) is 1.63. The Morgan fingerprint density at radius 2 is 1.77 bits per heavy atom. The van der Waals surface area contributed by atoms with Crippen molar-refractivity contribution in [2.45, 2.75) is 0 Å². The zero-order valence-corrected chi connectivity index (χ0v) is 8.27. The van der Waals surface area contributed by atoms with Gasteiger partial charge in [0.1, 0.15) is 0 Å². The van der Waals surface area contributed by atoms with Gasteiger partial charge in [0.25, 0.3) is 0 Å². The molecule has 0 fully saturated rings. The van der Waals surface area contributed by atoms with Crippen LogP contribution < -0.4 is 0 Å². The third-order valence-electron chi connectivity index (χ3n) is 1.64. The average molecular weight is 236 g/mol. The van der Waals surface area contributed by atoms with E-state index in [1.807, 2.05) is 30.3 Å². The number of halogens is 1. The van der Waals surface area contributed by atoms with E-state index >= 15 is 0 Å². The van der Waals surface area contributed by atoms with E-state index in [9.17, 15) is 0 Å². The second-order valence-electron chi connectivity index (χ2n) is 2.51. The fourth-order valence-corrected chi connectivity index (χ4v) is 1.28. The molecule has 0 spiro atoms. The highest BCUT2D eigenvalue weighted by Gasteiger charge is 1.97. The molecule has 0 atom stereocenters. The van der Waals surface area contributed by atoms with E-state index in [2.05, 4.69) is 31.3 Å². The van der Waals surface area contributed by atoms with Crippen LogP contribution in [-0.4, -0.2) is 15.4 Å². The number of benzene rings is 1. The van der Waals surface area contributed by atoms with Gasteiger partial charge in [0.05, 0.1) is 11.9 Å². The number of hydrogen-bond acceptors (Lipinski definition) is 3. The Kier molecular flexibility index (Phi) is 2.31. The summed E-state index contributed by atoms with van der Waals surface area (Å²) < 4.78 is 1.05. The molecule has 0 amide bonds. The second kappa shape index (κ2) is 3.62. The Morgan fingerprint density at radius 1 is 1.00 bits per heavy atom. The lowest BCUT2D eigenvalue weighted by Gasteiger charge is -1.97. The van der Waals surface area contributed by atoms with Crippen molar-refractivity contribution in [2.24, 2.45) is 0 Å². The highest BCUT2D eigenvalue weighted by atomic mass is 79.9. The van der Waals surface area contributed by atoms with Crippen molar-refractivity contribution in [1.82, 2.24) is 15.4 Å². The zero-order chi connectivity index (χ0) is 9.10. The summed E-state index contributed by atoms with van der Waals surface area (Å²) in [5, 5.41) is 11.1. The normalized spacial score (nSPS) is 9.92.